The van der Waals surface area contributed by atoms with Gasteiger partial charge in [0.05, 0.1) is 0 Å². The van der Waals surface area contributed by atoms with Crippen LogP contribution >= 0.6 is 11.3 Å². The van der Waals surface area contributed by atoms with Gasteiger partial charge < -0.3 is 5.73 Å². The Labute approximate surface area is 84.0 Å². The zero-order valence-electron chi connectivity index (χ0n) is 8.55. The van der Waals surface area contributed by atoms with Gasteiger partial charge in [0.2, 0.25) is 0 Å². The standard InChI is InChI=1S/C11H17NS/c1-8-6-13-7-9(8)10(2,3)11(12)4-5-11/h6-7H,4-5,12H2,1-3H3. The minimum Gasteiger partial charge on any atom is -0.324 e. The van der Waals surface area contributed by atoms with E-state index in [4.69, 9.17) is 5.73 Å². The Morgan fingerprint density at radius 2 is 2.00 bits per heavy atom. The van der Waals surface area contributed by atoms with E-state index in [1.54, 1.807) is 11.3 Å². The first-order chi connectivity index (χ1) is 5.97. The molecule has 0 spiro atoms. The molecule has 1 fully saturated rings. The molecule has 0 unspecified atom stereocenters. The predicted octanol–water partition coefficient (Wildman–Crippen LogP) is 2.83. The lowest BCUT2D eigenvalue weighted by atomic mass is 9.76. The number of hydrogen-bond donors (Lipinski definition) is 1. The molecule has 1 aromatic heterocycles. The van der Waals surface area contributed by atoms with E-state index >= 15 is 0 Å². The molecule has 2 heteroatoms. The van der Waals surface area contributed by atoms with E-state index in [2.05, 4.69) is 31.5 Å². The summed E-state index contributed by atoms with van der Waals surface area (Å²) in [5.41, 5.74) is 9.34. The quantitative estimate of drug-likeness (QED) is 0.771. The SMILES string of the molecule is Cc1cscc1C(C)(C)C1(N)CC1. The summed E-state index contributed by atoms with van der Waals surface area (Å²) in [6.45, 7) is 6.73. The molecule has 0 amide bonds. The molecule has 0 aliphatic heterocycles. The van der Waals surface area contributed by atoms with Crippen molar-refractivity contribution in [2.24, 2.45) is 5.73 Å². The van der Waals surface area contributed by atoms with Crippen molar-refractivity contribution in [3.05, 3.63) is 21.9 Å². The molecule has 0 bridgehead atoms. The highest BCUT2D eigenvalue weighted by Gasteiger charge is 2.52. The van der Waals surface area contributed by atoms with Gasteiger partial charge in [-0.25, -0.2) is 0 Å². The van der Waals surface area contributed by atoms with Crippen molar-refractivity contribution in [2.75, 3.05) is 0 Å². The van der Waals surface area contributed by atoms with Crippen LogP contribution in [-0.4, -0.2) is 5.54 Å². The summed E-state index contributed by atoms with van der Waals surface area (Å²) in [4.78, 5) is 0. The van der Waals surface area contributed by atoms with Crippen molar-refractivity contribution in [1.82, 2.24) is 0 Å². The second kappa shape index (κ2) is 2.58. The van der Waals surface area contributed by atoms with Crippen LogP contribution in [0, 0.1) is 6.92 Å². The molecule has 1 aliphatic rings. The van der Waals surface area contributed by atoms with Gasteiger partial charge in [-0.05, 0) is 41.7 Å². The van der Waals surface area contributed by atoms with Crippen LogP contribution in [0.3, 0.4) is 0 Å². The molecular formula is C11H17NS. The molecule has 13 heavy (non-hydrogen) atoms. The second-order valence-electron chi connectivity index (χ2n) is 4.75. The zero-order chi connectivity index (χ0) is 9.69. The van der Waals surface area contributed by atoms with Gasteiger partial charge in [0.1, 0.15) is 0 Å². The van der Waals surface area contributed by atoms with Crippen LogP contribution in [0.25, 0.3) is 0 Å². The van der Waals surface area contributed by atoms with Crippen molar-refractivity contribution in [3.8, 4) is 0 Å². The minimum atomic E-state index is 0.0683. The molecule has 1 aliphatic carbocycles. The van der Waals surface area contributed by atoms with E-state index in [-0.39, 0.29) is 11.0 Å². The molecule has 0 saturated heterocycles. The van der Waals surface area contributed by atoms with Crippen LogP contribution in [0.2, 0.25) is 0 Å². The first-order valence-corrected chi connectivity index (χ1v) is 5.74. The van der Waals surface area contributed by atoms with Gasteiger partial charge in [-0.3, -0.25) is 0 Å². The average molecular weight is 195 g/mol. The Bertz CT molecular complexity index is 321. The minimum absolute atomic E-state index is 0.0683. The van der Waals surface area contributed by atoms with Crippen LogP contribution in [-0.2, 0) is 5.41 Å². The molecule has 2 rings (SSSR count). The summed E-state index contributed by atoms with van der Waals surface area (Å²) in [5.74, 6) is 0. The zero-order valence-corrected chi connectivity index (χ0v) is 9.37. The van der Waals surface area contributed by atoms with Gasteiger partial charge in [-0.2, -0.15) is 11.3 Å². The van der Waals surface area contributed by atoms with Crippen molar-refractivity contribution in [2.45, 2.75) is 44.6 Å². The van der Waals surface area contributed by atoms with Crippen LogP contribution in [0.4, 0.5) is 0 Å². The van der Waals surface area contributed by atoms with E-state index in [0.717, 1.165) is 0 Å². The lowest BCUT2D eigenvalue weighted by molar-refractivity contribution is 0.391. The maximum atomic E-state index is 6.29. The van der Waals surface area contributed by atoms with Crippen LogP contribution in [0.1, 0.15) is 37.8 Å². The molecule has 1 heterocycles. The monoisotopic (exact) mass is 195 g/mol. The Kier molecular flexibility index (Phi) is 1.83. The Morgan fingerprint density at radius 1 is 1.38 bits per heavy atom. The van der Waals surface area contributed by atoms with E-state index in [1.165, 1.54) is 24.0 Å². The number of rotatable bonds is 2. The van der Waals surface area contributed by atoms with Crippen LogP contribution in [0.15, 0.2) is 10.8 Å². The van der Waals surface area contributed by atoms with Crippen molar-refractivity contribution in [1.29, 1.82) is 0 Å². The van der Waals surface area contributed by atoms with E-state index < -0.39 is 0 Å². The third-order valence-corrected chi connectivity index (χ3v) is 4.42. The predicted molar refractivity (Wildman–Crippen MR) is 58.2 cm³/mol. The van der Waals surface area contributed by atoms with E-state index in [0.29, 0.717) is 0 Å². The van der Waals surface area contributed by atoms with E-state index in [1.807, 2.05) is 0 Å². The Hall–Kier alpha value is -0.340. The number of thiophene rings is 1. The maximum absolute atomic E-state index is 6.29. The molecule has 0 radical (unpaired) electrons. The highest BCUT2D eigenvalue weighted by Crippen LogP contribution is 2.50. The molecule has 72 valence electrons. The lowest BCUT2D eigenvalue weighted by Crippen LogP contribution is -2.43. The molecule has 1 nitrogen and oxygen atoms in total. The topological polar surface area (TPSA) is 26.0 Å². The number of aryl methyl sites for hydroxylation is 1. The Morgan fingerprint density at radius 3 is 2.38 bits per heavy atom. The van der Waals surface area contributed by atoms with Crippen LogP contribution < -0.4 is 5.73 Å². The second-order valence-corrected chi connectivity index (χ2v) is 5.49. The van der Waals surface area contributed by atoms with Crippen LogP contribution in [0.5, 0.6) is 0 Å². The highest BCUT2D eigenvalue weighted by molar-refractivity contribution is 7.08. The summed E-state index contributed by atoms with van der Waals surface area (Å²) in [6.07, 6.45) is 2.35. The summed E-state index contributed by atoms with van der Waals surface area (Å²) in [6, 6.07) is 0. The smallest absolute Gasteiger partial charge is 0.0248 e. The molecular weight excluding hydrogens is 178 g/mol. The van der Waals surface area contributed by atoms with Crippen molar-refractivity contribution >= 4 is 11.3 Å². The molecule has 1 saturated carbocycles. The summed E-state index contributed by atoms with van der Waals surface area (Å²) < 4.78 is 0. The summed E-state index contributed by atoms with van der Waals surface area (Å²) in [7, 11) is 0. The summed E-state index contributed by atoms with van der Waals surface area (Å²) >= 11 is 1.78. The fraction of sp³-hybridized carbons (Fsp3) is 0.636. The first kappa shape index (κ1) is 9.22. The van der Waals surface area contributed by atoms with Gasteiger partial charge in [-0.15, -0.1) is 0 Å². The van der Waals surface area contributed by atoms with Gasteiger partial charge in [0.25, 0.3) is 0 Å². The summed E-state index contributed by atoms with van der Waals surface area (Å²) in [5, 5.41) is 4.46. The van der Waals surface area contributed by atoms with Crippen molar-refractivity contribution < 1.29 is 0 Å². The van der Waals surface area contributed by atoms with Gasteiger partial charge >= 0.3 is 0 Å². The third-order valence-electron chi connectivity index (χ3n) is 3.56. The third kappa shape index (κ3) is 1.24. The fourth-order valence-corrected chi connectivity index (χ4v) is 3.04. The first-order valence-electron chi connectivity index (χ1n) is 4.79. The molecule has 0 aromatic carbocycles. The number of hydrogen-bond acceptors (Lipinski definition) is 2. The van der Waals surface area contributed by atoms with Crippen molar-refractivity contribution in [3.63, 3.8) is 0 Å². The van der Waals surface area contributed by atoms with E-state index in [9.17, 15) is 0 Å². The maximum Gasteiger partial charge on any atom is 0.0248 e. The molecule has 1 aromatic rings. The van der Waals surface area contributed by atoms with Gasteiger partial charge in [0, 0.05) is 11.0 Å². The van der Waals surface area contributed by atoms with Gasteiger partial charge in [-0.1, -0.05) is 13.8 Å². The molecule has 0 atom stereocenters. The number of nitrogens with two attached hydrogens (primary N) is 1. The molecule has 2 N–H and O–H groups in total. The lowest BCUT2D eigenvalue weighted by Gasteiger charge is -2.32. The average Bonchev–Trinajstić information content (AvgIpc) is 2.63. The largest absolute Gasteiger partial charge is 0.324 e. The normalized spacial score (nSPS) is 20.3. The van der Waals surface area contributed by atoms with Gasteiger partial charge in [0.15, 0.2) is 0 Å². The fourth-order valence-electron chi connectivity index (χ4n) is 2.03. The highest BCUT2D eigenvalue weighted by atomic mass is 32.1. The Balaban J connectivity index is 2.40.